The van der Waals surface area contributed by atoms with Crippen molar-refractivity contribution in [2.24, 2.45) is 5.92 Å². The fourth-order valence-corrected chi connectivity index (χ4v) is 1.90. The smallest absolute Gasteiger partial charge is 0.330 e. The van der Waals surface area contributed by atoms with Crippen molar-refractivity contribution in [3.8, 4) is 5.75 Å². The van der Waals surface area contributed by atoms with Gasteiger partial charge in [0.15, 0.2) is 0 Å². The predicted molar refractivity (Wildman–Crippen MR) is 81.4 cm³/mol. The molecule has 3 nitrogen and oxygen atoms in total. The first kappa shape index (κ1) is 16.3. The fourth-order valence-electron chi connectivity index (χ4n) is 1.90. The van der Waals surface area contributed by atoms with Gasteiger partial charge in [0.2, 0.25) is 0 Å². The summed E-state index contributed by atoms with van der Waals surface area (Å²) in [6.45, 7) is 4.79. The van der Waals surface area contributed by atoms with Crippen LogP contribution in [0.1, 0.15) is 45.1 Å². The second kappa shape index (κ2) is 9.18. The summed E-state index contributed by atoms with van der Waals surface area (Å²) in [5.41, 5.74) is 0.859. The van der Waals surface area contributed by atoms with E-state index in [2.05, 4.69) is 13.8 Å². The van der Waals surface area contributed by atoms with E-state index in [0.29, 0.717) is 12.5 Å². The van der Waals surface area contributed by atoms with Gasteiger partial charge in [-0.15, -0.1) is 0 Å². The van der Waals surface area contributed by atoms with Gasteiger partial charge in [0.25, 0.3) is 0 Å². The highest BCUT2D eigenvalue weighted by Crippen LogP contribution is 2.13. The lowest BCUT2D eigenvalue weighted by Gasteiger charge is -2.13. The maximum Gasteiger partial charge on any atom is 0.330 e. The van der Waals surface area contributed by atoms with Crippen molar-refractivity contribution in [3.63, 3.8) is 0 Å². The molecule has 0 spiro atoms. The monoisotopic (exact) mass is 276 g/mol. The van der Waals surface area contributed by atoms with Crippen molar-refractivity contribution < 1.29 is 14.6 Å². The number of esters is 1. The Bertz CT molecular complexity index is 420. The molecule has 0 amide bonds. The highest BCUT2D eigenvalue weighted by atomic mass is 16.5. The molecule has 1 aromatic rings. The second-order valence-corrected chi connectivity index (χ2v) is 4.97. The molecule has 0 aliphatic rings. The summed E-state index contributed by atoms with van der Waals surface area (Å²) >= 11 is 0. The number of hydrogen-bond acceptors (Lipinski definition) is 3. The molecular formula is C17H24O3. The highest BCUT2D eigenvalue weighted by molar-refractivity contribution is 5.87. The zero-order valence-electron chi connectivity index (χ0n) is 12.3. The minimum absolute atomic E-state index is 0.214. The van der Waals surface area contributed by atoms with E-state index in [4.69, 9.17) is 9.84 Å². The number of ether oxygens (including phenoxy) is 1. The lowest BCUT2D eigenvalue weighted by atomic mass is 10.0. The summed E-state index contributed by atoms with van der Waals surface area (Å²) in [7, 11) is 0. The zero-order valence-corrected chi connectivity index (χ0v) is 12.3. The second-order valence-electron chi connectivity index (χ2n) is 4.97. The number of carbonyl (C=O) groups is 1. The molecular weight excluding hydrogens is 252 g/mol. The molecule has 110 valence electrons. The van der Waals surface area contributed by atoms with Crippen molar-refractivity contribution in [2.75, 3.05) is 6.61 Å². The molecule has 0 aromatic heterocycles. The van der Waals surface area contributed by atoms with Crippen molar-refractivity contribution in [3.05, 3.63) is 35.9 Å². The first-order chi connectivity index (χ1) is 9.65. The van der Waals surface area contributed by atoms with Crippen LogP contribution >= 0.6 is 0 Å². The van der Waals surface area contributed by atoms with Gasteiger partial charge in [0.1, 0.15) is 5.75 Å². The Kier molecular flexibility index (Phi) is 7.48. The summed E-state index contributed by atoms with van der Waals surface area (Å²) in [4.78, 5) is 11.6. The van der Waals surface area contributed by atoms with Crippen LogP contribution in [0, 0.1) is 5.92 Å². The van der Waals surface area contributed by atoms with Crippen LogP contribution in [-0.4, -0.2) is 17.7 Å². The molecule has 1 N–H and O–H groups in total. The molecule has 0 heterocycles. The van der Waals surface area contributed by atoms with Crippen molar-refractivity contribution >= 4 is 12.0 Å². The van der Waals surface area contributed by atoms with Crippen LogP contribution in [0.25, 0.3) is 6.08 Å². The summed E-state index contributed by atoms with van der Waals surface area (Å²) in [6.07, 6.45) is 7.62. The van der Waals surface area contributed by atoms with E-state index in [0.717, 1.165) is 18.4 Å². The lowest BCUT2D eigenvalue weighted by Crippen LogP contribution is -2.12. The molecule has 0 aliphatic carbocycles. The largest absolute Gasteiger partial charge is 0.508 e. The topological polar surface area (TPSA) is 46.5 Å². The van der Waals surface area contributed by atoms with Gasteiger partial charge in [0.05, 0.1) is 6.61 Å². The van der Waals surface area contributed by atoms with Crippen LogP contribution in [-0.2, 0) is 9.53 Å². The quantitative estimate of drug-likeness (QED) is 0.572. The van der Waals surface area contributed by atoms with Crippen LogP contribution in [0.4, 0.5) is 0 Å². The van der Waals surface area contributed by atoms with E-state index in [9.17, 15) is 4.79 Å². The molecule has 0 saturated heterocycles. The molecule has 0 fully saturated rings. The number of carbonyl (C=O) groups excluding carboxylic acids is 1. The van der Waals surface area contributed by atoms with Crippen LogP contribution < -0.4 is 0 Å². The maximum atomic E-state index is 11.6. The normalized spacial score (nSPS) is 12.5. The molecule has 0 bridgehead atoms. The summed E-state index contributed by atoms with van der Waals surface area (Å²) < 4.78 is 5.26. The van der Waals surface area contributed by atoms with Gasteiger partial charge < -0.3 is 9.84 Å². The highest BCUT2D eigenvalue weighted by Gasteiger charge is 2.08. The Hall–Kier alpha value is -1.77. The van der Waals surface area contributed by atoms with Gasteiger partial charge in [-0.05, 0) is 36.1 Å². The first-order valence-corrected chi connectivity index (χ1v) is 7.29. The zero-order chi connectivity index (χ0) is 14.8. The van der Waals surface area contributed by atoms with Gasteiger partial charge in [-0.3, -0.25) is 0 Å². The Balaban J connectivity index is 2.37. The Morgan fingerprint density at radius 2 is 2.00 bits per heavy atom. The van der Waals surface area contributed by atoms with Gasteiger partial charge >= 0.3 is 5.97 Å². The maximum absolute atomic E-state index is 11.6. The summed E-state index contributed by atoms with van der Waals surface area (Å²) in [6, 6.07) is 6.66. The number of hydrogen-bond donors (Lipinski definition) is 1. The Labute approximate surface area is 121 Å². The minimum atomic E-state index is -0.312. The number of aromatic hydroxyl groups is 1. The average Bonchev–Trinajstić information content (AvgIpc) is 2.47. The number of rotatable bonds is 8. The average molecular weight is 276 g/mol. The fraction of sp³-hybridized carbons (Fsp3) is 0.471. The molecule has 20 heavy (non-hydrogen) atoms. The summed E-state index contributed by atoms with van der Waals surface area (Å²) in [5.74, 6) is 0.362. The van der Waals surface area contributed by atoms with E-state index in [1.54, 1.807) is 30.3 Å². The Morgan fingerprint density at radius 1 is 1.30 bits per heavy atom. The SMILES string of the molecule is CCCCC(CC)COC(=O)/C=C\c1ccc(O)cc1. The third kappa shape index (κ3) is 6.41. The van der Waals surface area contributed by atoms with E-state index in [1.807, 2.05) is 0 Å². The Morgan fingerprint density at radius 3 is 2.60 bits per heavy atom. The van der Waals surface area contributed by atoms with Crippen LogP contribution in [0.5, 0.6) is 5.75 Å². The van der Waals surface area contributed by atoms with Crippen molar-refractivity contribution in [2.45, 2.75) is 39.5 Å². The van der Waals surface area contributed by atoms with Gasteiger partial charge in [-0.25, -0.2) is 4.79 Å². The molecule has 1 aromatic carbocycles. The molecule has 0 radical (unpaired) electrons. The number of benzene rings is 1. The van der Waals surface area contributed by atoms with Crippen molar-refractivity contribution in [1.29, 1.82) is 0 Å². The molecule has 1 rings (SSSR count). The first-order valence-electron chi connectivity index (χ1n) is 7.29. The van der Waals surface area contributed by atoms with E-state index >= 15 is 0 Å². The third-order valence-corrected chi connectivity index (χ3v) is 3.31. The lowest BCUT2D eigenvalue weighted by molar-refractivity contribution is -0.139. The van der Waals surface area contributed by atoms with Crippen LogP contribution in [0.3, 0.4) is 0 Å². The van der Waals surface area contributed by atoms with Crippen LogP contribution in [0.2, 0.25) is 0 Å². The van der Waals surface area contributed by atoms with E-state index < -0.39 is 0 Å². The number of phenolic OH excluding ortho intramolecular Hbond substituents is 1. The number of unbranched alkanes of at least 4 members (excludes halogenated alkanes) is 1. The molecule has 3 heteroatoms. The van der Waals surface area contributed by atoms with Gasteiger partial charge in [-0.2, -0.15) is 0 Å². The van der Waals surface area contributed by atoms with Crippen LogP contribution in [0.15, 0.2) is 30.3 Å². The van der Waals surface area contributed by atoms with Gasteiger partial charge in [-0.1, -0.05) is 45.2 Å². The molecule has 1 unspecified atom stereocenters. The molecule has 1 atom stereocenters. The van der Waals surface area contributed by atoms with E-state index in [-0.39, 0.29) is 11.7 Å². The molecule has 0 saturated carbocycles. The van der Waals surface area contributed by atoms with Crippen molar-refractivity contribution in [1.82, 2.24) is 0 Å². The predicted octanol–water partition coefficient (Wildman–Crippen LogP) is 4.17. The van der Waals surface area contributed by atoms with E-state index in [1.165, 1.54) is 18.9 Å². The number of phenols is 1. The van der Waals surface area contributed by atoms with Gasteiger partial charge in [0, 0.05) is 6.08 Å². The third-order valence-electron chi connectivity index (χ3n) is 3.31. The minimum Gasteiger partial charge on any atom is -0.508 e. The standard InChI is InChI=1S/C17H24O3/c1-3-5-6-14(4-2)13-20-17(19)12-9-15-7-10-16(18)11-8-15/h7-12,14,18H,3-6,13H2,1-2H3/b12-9-. The summed E-state index contributed by atoms with van der Waals surface area (Å²) in [5, 5.41) is 9.16. The molecule has 0 aliphatic heterocycles.